The Balaban J connectivity index is 1.61. The van der Waals surface area contributed by atoms with Crippen LogP contribution in [0.5, 0.6) is 5.75 Å². The third-order valence-electron chi connectivity index (χ3n) is 3.83. The lowest BCUT2D eigenvalue weighted by Gasteiger charge is -2.12. The number of rotatable bonds is 4. The number of esters is 1. The number of amides is 1. The second kappa shape index (κ2) is 7.05. The fourth-order valence-electron chi connectivity index (χ4n) is 2.63. The first-order chi connectivity index (χ1) is 11.6. The highest BCUT2D eigenvalue weighted by Gasteiger charge is 2.25. The van der Waals surface area contributed by atoms with Crippen LogP contribution in [-0.4, -0.2) is 31.6 Å². The summed E-state index contributed by atoms with van der Waals surface area (Å²) >= 11 is 3.37. The van der Waals surface area contributed by atoms with Crippen molar-refractivity contribution in [1.29, 1.82) is 0 Å². The maximum absolute atomic E-state index is 12.2. The SMILES string of the molecule is COC(=O)c1ccc2c(c1)CC(CNC(=O)c1ccccc1Br)O2. The van der Waals surface area contributed by atoms with E-state index in [1.165, 1.54) is 7.11 Å². The number of benzene rings is 2. The van der Waals surface area contributed by atoms with Crippen LogP contribution in [0.1, 0.15) is 26.3 Å². The summed E-state index contributed by atoms with van der Waals surface area (Å²) in [7, 11) is 1.35. The van der Waals surface area contributed by atoms with E-state index < -0.39 is 0 Å². The Morgan fingerprint density at radius 2 is 2.08 bits per heavy atom. The summed E-state index contributed by atoms with van der Waals surface area (Å²) in [6.45, 7) is 0.391. The summed E-state index contributed by atoms with van der Waals surface area (Å²) in [5.74, 6) is 0.212. The minimum Gasteiger partial charge on any atom is -0.488 e. The lowest BCUT2D eigenvalue weighted by molar-refractivity contribution is 0.0600. The van der Waals surface area contributed by atoms with Crippen LogP contribution in [0.25, 0.3) is 0 Å². The van der Waals surface area contributed by atoms with E-state index in [2.05, 4.69) is 21.2 Å². The molecule has 0 saturated carbocycles. The molecule has 1 atom stereocenters. The largest absolute Gasteiger partial charge is 0.488 e. The first kappa shape index (κ1) is 16.5. The molecule has 0 spiro atoms. The second-order valence-corrected chi connectivity index (χ2v) is 6.30. The van der Waals surface area contributed by atoms with Gasteiger partial charge in [-0.2, -0.15) is 0 Å². The van der Waals surface area contributed by atoms with Gasteiger partial charge in [0, 0.05) is 10.9 Å². The molecular formula is C18H16BrNO4. The summed E-state index contributed by atoms with van der Waals surface area (Å²) in [6.07, 6.45) is 0.482. The third-order valence-corrected chi connectivity index (χ3v) is 4.52. The molecule has 5 nitrogen and oxygen atoms in total. The van der Waals surface area contributed by atoms with Crippen molar-refractivity contribution < 1.29 is 19.1 Å². The molecule has 1 heterocycles. The lowest BCUT2D eigenvalue weighted by Crippen LogP contribution is -2.34. The number of ether oxygens (including phenoxy) is 2. The van der Waals surface area contributed by atoms with Gasteiger partial charge in [-0.15, -0.1) is 0 Å². The van der Waals surface area contributed by atoms with Crippen LogP contribution in [-0.2, 0) is 11.2 Å². The van der Waals surface area contributed by atoms with Crippen LogP contribution in [0.15, 0.2) is 46.9 Å². The van der Waals surface area contributed by atoms with Crippen LogP contribution in [0.2, 0.25) is 0 Å². The summed E-state index contributed by atoms with van der Waals surface area (Å²) in [5, 5.41) is 2.88. The standard InChI is InChI=1S/C18H16BrNO4/c1-23-18(22)11-6-7-16-12(8-11)9-13(24-16)10-20-17(21)14-4-2-3-5-15(14)19/h2-8,13H,9-10H2,1H3,(H,20,21). The van der Waals surface area contributed by atoms with Gasteiger partial charge in [-0.3, -0.25) is 4.79 Å². The third kappa shape index (κ3) is 3.43. The van der Waals surface area contributed by atoms with Gasteiger partial charge in [0.15, 0.2) is 0 Å². The van der Waals surface area contributed by atoms with E-state index in [9.17, 15) is 9.59 Å². The molecule has 0 radical (unpaired) electrons. The first-order valence-electron chi connectivity index (χ1n) is 7.49. The van der Waals surface area contributed by atoms with Gasteiger partial charge in [0.25, 0.3) is 5.91 Å². The van der Waals surface area contributed by atoms with E-state index in [1.807, 2.05) is 18.2 Å². The minimum atomic E-state index is -0.372. The summed E-state index contributed by atoms with van der Waals surface area (Å²) < 4.78 is 11.3. The zero-order chi connectivity index (χ0) is 17.1. The number of nitrogens with one attached hydrogen (secondary N) is 1. The Bertz CT molecular complexity index is 790. The number of methoxy groups -OCH3 is 1. The van der Waals surface area contributed by atoms with Gasteiger partial charge in [0.2, 0.25) is 0 Å². The molecule has 24 heavy (non-hydrogen) atoms. The van der Waals surface area contributed by atoms with Gasteiger partial charge in [-0.05, 0) is 51.8 Å². The number of carbonyl (C=O) groups is 2. The van der Waals surface area contributed by atoms with Crippen LogP contribution >= 0.6 is 15.9 Å². The number of hydrogen-bond donors (Lipinski definition) is 1. The minimum absolute atomic E-state index is 0.153. The average Bonchev–Trinajstić information content (AvgIpc) is 3.01. The van der Waals surface area contributed by atoms with E-state index >= 15 is 0 Å². The van der Waals surface area contributed by atoms with Crippen molar-refractivity contribution in [2.45, 2.75) is 12.5 Å². The summed E-state index contributed by atoms with van der Waals surface area (Å²) in [4.78, 5) is 23.8. The van der Waals surface area contributed by atoms with Gasteiger partial charge in [-0.1, -0.05) is 12.1 Å². The van der Waals surface area contributed by atoms with Crippen molar-refractivity contribution in [3.8, 4) is 5.75 Å². The van der Waals surface area contributed by atoms with Crippen molar-refractivity contribution in [3.63, 3.8) is 0 Å². The Hall–Kier alpha value is -2.34. The molecule has 6 heteroatoms. The van der Waals surface area contributed by atoms with Gasteiger partial charge < -0.3 is 14.8 Å². The second-order valence-electron chi connectivity index (χ2n) is 5.45. The molecule has 124 valence electrons. The maximum Gasteiger partial charge on any atom is 0.337 e. The number of hydrogen-bond acceptors (Lipinski definition) is 4. The Labute approximate surface area is 148 Å². The van der Waals surface area contributed by atoms with Crippen molar-refractivity contribution >= 4 is 27.8 Å². The average molecular weight is 390 g/mol. The predicted octanol–water partition coefficient (Wildman–Crippen LogP) is 2.97. The number of fused-ring (bicyclic) bond motifs is 1. The molecule has 1 aliphatic rings. The predicted molar refractivity (Wildman–Crippen MR) is 92.4 cm³/mol. The lowest BCUT2D eigenvalue weighted by atomic mass is 10.1. The van der Waals surface area contributed by atoms with Crippen molar-refractivity contribution in [2.24, 2.45) is 0 Å². The van der Waals surface area contributed by atoms with E-state index in [4.69, 9.17) is 9.47 Å². The zero-order valence-electron chi connectivity index (χ0n) is 13.0. The molecule has 3 rings (SSSR count). The van der Waals surface area contributed by atoms with Gasteiger partial charge in [-0.25, -0.2) is 4.79 Å². The number of halogens is 1. The molecule has 1 aliphatic heterocycles. The van der Waals surface area contributed by atoms with Crippen molar-refractivity contribution in [3.05, 3.63) is 63.6 Å². The van der Waals surface area contributed by atoms with E-state index in [1.54, 1.807) is 24.3 Å². The van der Waals surface area contributed by atoms with Crippen LogP contribution in [0.3, 0.4) is 0 Å². The molecule has 1 N–H and O–H groups in total. The van der Waals surface area contributed by atoms with Gasteiger partial charge in [0.1, 0.15) is 11.9 Å². The molecule has 1 amide bonds. The topological polar surface area (TPSA) is 64.6 Å². The molecule has 2 aromatic rings. The molecule has 0 fully saturated rings. The Morgan fingerprint density at radius 1 is 1.29 bits per heavy atom. The fourth-order valence-corrected chi connectivity index (χ4v) is 3.09. The fraction of sp³-hybridized carbons (Fsp3) is 0.222. The Morgan fingerprint density at radius 3 is 2.83 bits per heavy atom. The van der Waals surface area contributed by atoms with Gasteiger partial charge >= 0.3 is 5.97 Å². The zero-order valence-corrected chi connectivity index (χ0v) is 14.6. The van der Waals surface area contributed by atoms with Crippen molar-refractivity contribution in [2.75, 3.05) is 13.7 Å². The number of carbonyl (C=O) groups excluding carboxylic acids is 2. The first-order valence-corrected chi connectivity index (χ1v) is 8.28. The van der Waals surface area contributed by atoms with E-state index in [0.717, 1.165) is 15.8 Å². The highest BCUT2D eigenvalue weighted by molar-refractivity contribution is 9.10. The summed E-state index contributed by atoms with van der Waals surface area (Å²) in [6, 6.07) is 12.5. The molecule has 0 aromatic heterocycles. The van der Waals surface area contributed by atoms with Gasteiger partial charge in [0.05, 0.1) is 24.8 Å². The summed E-state index contributed by atoms with van der Waals surface area (Å²) in [5.41, 5.74) is 2.02. The highest BCUT2D eigenvalue weighted by atomic mass is 79.9. The molecule has 2 aromatic carbocycles. The molecule has 1 unspecified atom stereocenters. The smallest absolute Gasteiger partial charge is 0.337 e. The normalized spacial score (nSPS) is 15.3. The quantitative estimate of drug-likeness (QED) is 0.816. The van der Waals surface area contributed by atoms with E-state index in [-0.39, 0.29) is 18.0 Å². The molecule has 0 aliphatic carbocycles. The van der Waals surface area contributed by atoms with Crippen LogP contribution in [0.4, 0.5) is 0 Å². The highest BCUT2D eigenvalue weighted by Crippen LogP contribution is 2.29. The molecule has 0 saturated heterocycles. The molecular weight excluding hydrogens is 374 g/mol. The monoisotopic (exact) mass is 389 g/mol. The van der Waals surface area contributed by atoms with Crippen LogP contribution < -0.4 is 10.1 Å². The van der Waals surface area contributed by atoms with E-state index in [0.29, 0.717) is 24.1 Å². The van der Waals surface area contributed by atoms with Crippen LogP contribution in [0, 0.1) is 0 Å². The van der Waals surface area contributed by atoms with Crippen molar-refractivity contribution in [1.82, 2.24) is 5.32 Å². The molecule has 0 bridgehead atoms. The Kier molecular flexibility index (Phi) is 4.85. The maximum atomic E-state index is 12.2.